The second-order valence-electron chi connectivity index (χ2n) is 6.53. The third-order valence-electron chi connectivity index (χ3n) is 4.84. The predicted octanol–water partition coefficient (Wildman–Crippen LogP) is 4.37. The molecular weight excluding hydrogens is 394 g/mol. The number of imidazole rings is 1. The predicted molar refractivity (Wildman–Crippen MR) is 105 cm³/mol. The number of halogens is 1. The van der Waals surface area contributed by atoms with Crippen molar-refractivity contribution in [2.45, 2.75) is 25.8 Å². The number of aromatic nitrogens is 3. The zero-order chi connectivity index (χ0) is 18.1. The van der Waals surface area contributed by atoms with E-state index in [0.29, 0.717) is 6.04 Å². The van der Waals surface area contributed by atoms with Crippen molar-refractivity contribution in [3.63, 3.8) is 0 Å². The number of carbonyl (C=O) groups excluding carboxylic acids is 1. The number of urea groups is 1. The molecule has 1 fully saturated rings. The number of fused-ring (bicyclic) bond motifs is 1. The third-order valence-corrected chi connectivity index (χ3v) is 5.37. The molecule has 1 aromatic carbocycles. The van der Waals surface area contributed by atoms with Crippen LogP contribution in [-0.2, 0) is 0 Å². The number of pyridine rings is 1. The summed E-state index contributed by atoms with van der Waals surface area (Å²) in [4.78, 5) is 23.5. The number of piperidine rings is 1. The molecule has 0 unspecified atom stereocenters. The second kappa shape index (κ2) is 7.07. The first-order valence-electron chi connectivity index (χ1n) is 8.73. The molecule has 1 saturated heterocycles. The molecule has 4 rings (SSSR count). The zero-order valence-corrected chi connectivity index (χ0v) is 16.1. The van der Waals surface area contributed by atoms with E-state index in [2.05, 4.69) is 35.8 Å². The van der Waals surface area contributed by atoms with Crippen molar-refractivity contribution < 1.29 is 4.79 Å². The molecule has 3 heterocycles. The lowest BCUT2D eigenvalue weighted by molar-refractivity contribution is 0.184. The topological polar surface area (TPSA) is 63.1 Å². The number of rotatable bonds is 2. The van der Waals surface area contributed by atoms with Gasteiger partial charge in [0.15, 0.2) is 5.65 Å². The van der Waals surface area contributed by atoms with Gasteiger partial charge in [0, 0.05) is 35.5 Å². The van der Waals surface area contributed by atoms with Gasteiger partial charge in [-0.15, -0.1) is 0 Å². The monoisotopic (exact) mass is 413 g/mol. The molecule has 134 valence electrons. The van der Waals surface area contributed by atoms with Crippen molar-refractivity contribution in [1.29, 1.82) is 0 Å². The van der Waals surface area contributed by atoms with E-state index >= 15 is 0 Å². The Morgan fingerprint density at radius 1 is 1.19 bits per heavy atom. The van der Waals surface area contributed by atoms with E-state index in [4.69, 9.17) is 0 Å². The Balaban J connectivity index is 1.43. The molecule has 0 saturated carbocycles. The van der Waals surface area contributed by atoms with Crippen molar-refractivity contribution in [2.75, 3.05) is 18.4 Å². The SMILES string of the molecule is Cc1nc2cccnc2n1C1CCN(C(=O)Nc2ccc(Br)cc2)CC1. The molecule has 0 aliphatic carbocycles. The van der Waals surface area contributed by atoms with Crippen LogP contribution in [0.1, 0.15) is 24.7 Å². The Kier molecular flexibility index (Phi) is 4.63. The van der Waals surface area contributed by atoms with Crippen LogP contribution in [0.4, 0.5) is 10.5 Å². The largest absolute Gasteiger partial charge is 0.324 e. The average Bonchev–Trinajstić information content (AvgIpc) is 2.99. The number of hydrogen-bond donors (Lipinski definition) is 1. The third kappa shape index (κ3) is 3.31. The first-order valence-corrected chi connectivity index (χ1v) is 9.52. The molecule has 1 aliphatic heterocycles. The fourth-order valence-electron chi connectivity index (χ4n) is 3.54. The number of likely N-dealkylation sites (tertiary alicyclic amines) is 1. The Bertz CT molecular complexity index is 929. The van der Waals surface area contributed by atoms with Gasteiger partial charge < -0.3 is 14.8 Å². The van der Waals surface area contributed by atoms with E-state index < -0.39 is 0 Å². The summed E-state index contributed by atoms with van der Waals surface area (Å²) in [7, 11) is 0. The fraction of sp³-hybridized carbons (Fsp3) is 0.316. The Morgan fingerprint density at radius 3 is 2.65 bits per heavy atom. The smallest absolute Gasteiger partial charge is 0.321 e. The summed E-state index contributed by atoms with van der Waals surface area (Å²) in [6.45, 7) is 3.46. The van der Waals surface area contributed by atoms with Crippen LogP contribution in [0.2, 0.25) is 0 Å². The number of hydrogen-bond acceptors (Lipinski definition) is 3. The second-order valence-corrected chi connectivity index (χ2v) is 7.45. The van der Waals surface area contributed by atoms with E-state index in [9.17, 15) is 4.79 Å². The lowest BCUT2D eigenvalue weighted by Gasteiger charge is -2.33. The van der Waals surface area contributed by atoms with Gasteiger partial charge in [-0.3, -0.25) is 0 Å². The minimum absolute atomic E-state index is 0.0453. The molecule has 3 aromatic rings. The van der Waals surface area contributed by atoms with Gasteiger partial charge in [-0.05, 0) is 56.2 Å². The standard InChI is InChI=1S/C19H20BrN5O/c1-13-22-17-3-2-10-21-18(17)25(13)16-8-11-24(12-9-16)19(26)23-15-6-4-14(20)5-7-15/h2-7,10,16H,8-9,11-12H2,1H3,(H,23,26). The van der Waals surface area contributed by atoms with Crippen LogP contribution in [0.5, 0.6) is 0 Å². The Labute approximate surface area is 160 Å². The van der Waals surface area contributed by atoms with Gasteiger partial charge >= 0.3 is 6.03 Å². The lowest BCUT2D eigenvalue weighted by atomic mass is 10.0. The molecule has 0 atom stereocenters. The number of benzene rings is 1. The maximum atomic E-state index is 12.5. The molecule has 0 spiro atoms. The molecule has 6 nitrogen and oxygen atoms in total. The summed E-state index contributed by atoms with van der Waals surface area (Å²) >= 11 is 3.40. The quantitative estimate of drug-likeness (QED) is 0.678. The van der Waals surface area contributed by atoms with E-state index in [1.807, 2.05) is 48.2 Å². The average molecular weight is 414 g/mol. The van der Waals surface area contributed by atoms with Crippen LogP contribution in [-0.4, -0.2) is 38.6 Å². The maximum Gasteiger partial charge on any atom is 0.321 e. The number of nitrogens with one attached hydrogen (secondary N) is 1. The highest BCUT2D eigenvalue weighted by Crippen LogP contribution is 2.28. The lowest BCUT2D eigenvalue weighted by Crippen LogP contribution is -2.41. The molecule has 7 heteroatoms. The molecule has 1 aliphatic rings. The van der Waals surface area contributed by atoms with Crippen LogP contribution in [0.15, 0.2) is 47.1 Å². The van der Waals surface area contributed by atoms with Gasteiger partial charge in [0.2, 0.25) is 0 Å². The highest BCUT2D eigenvalue weighted by molar-refractivity contribution is 9.10. The highest BCUT2D eigenvalue weighted by atomic mass is 79.9. The van der Waals surface area contributed by atoms with E-state index in [0.717, 1.165) is 53.1 Å². The van der Waals surface area contributed by atoms with Crippen molar-refractivity contribution in [3.8, 4) is 0 Å². The van der Waals surface area contributed by atoms with E-state index in [1.165, 1.54) is 0 Å². The van der Waals surface area contributed by atoms with Gasteiger partial charge in [-0.1, -0.05) is 15.9 Å². The fourth-order valence-corrected chi connectivity index (χ4v) is 3.81. The van der Waals surface area contributed by atoms with Crippen LogP contribution >= 0.6 is 15.9 Å². The number of amides is 2. The van der Waals surface area contributed by atoms with Gasteiger partial charge in [-0.25, -0.2) is 14.8 Å². The molecule has 26 heavy (non-hydrogen) atoms. The van der Waals surface area contributed by atoms with Gasteiger partial charge in [0.25, 0.3) is 0 Å². The first-order chi connectivity index (χ1) is 12.6. The molecule has 0 radical (unpaired) electrons. The Hall–Kier alpha value is -2.41. The van der Waals surface area contributed by atoms with Crippen LogP contribution in [0.25, 0.3) is 11.2 Å². The van der Waals surface area contributed by atoms with Gasteiger partial charge in [0.05, 0.1) is 0 Å². The van der Waals surface area contributed by atoms with Crippen molar-refractivity contribution in [2.24, 2.45) is 0 Å². The van der Waals surface area contributed by atoms with Crippen LogP contribution in [0.3, 0.4) is 0 Å². The first kappa shape index (κ1) is 17.0. The number of aryl methyl sites for hydroxylation is 1. The summed E-state index contributed by atoms with van der Waals surface area (Å²) in [6.07, 6.45) is 3.61. The van der Waals surface area contributed by atoms with Crippen LogP contribution < -0.4 is 5.32 Å². The number of anilines is 1. The van der Waals surface area contributed by atoms with E-state index in [1.54, 1.807) is 6.20 Å². The normalized spacial score (nSPS) is 15.4. The van der Waals surface area contributed by atoms with Crippen molar-refractivity contribution >= 4 is 38.8 Å². The summed E-state index contributed by atoms with van der Waals surface area (Å²) < 4.78 is 3.21. The van der Waals surface area contributed by atoms with Gasteiger partial charge in [0.1, 0.15) is 11.3 Å². The minimum atomic E-state index is -0.0453. The molecule has 0 bridgehead atoms. The molecule has 1 N–H and O–H groups in total. The highest BCUT2D eigenvalue weighted by Gasteiger charge is 2.26. The molecular formula is C19H20BrN5O. The molecule has 2 aromatic heterocycles. The summed E-state index contributed by atoms with van der Waals surface area (Å²) in [6, 6.07) is 11.8. The van der Waals surface area contributed by atoms with Gasteiger partial charge in [-0.2, -0.15) is 0 Å². The summed E-state index contributed by atoms with van der Waals surface area (Å²) in [5, 5.41) is 2.96. The van der Waals surface area contributed by atoms with E-state index in [-0.39, 0.29) is 6.03 Å². The van der Waals surface area contributed by atoms with Crippen LogP contribution in [0, 0.1) is 6.92 Å². The summed E-state index contributed by atoms with van der Waals surface area (Å²) in [5.41, 5.74) is 2.67. The van der Waals surface area contributed by atoms with Crippen molar-refractivity contribution in [1.82, 2.24) is 19.4 Å². The minimum Gasteiger partial charge on any atom is -0.324 e. The molecule has 2 amide bonds. The summed E-state index contributed by atoms with van der Waals surface area (Å²) in [5.74, 6) is 0.983. The Morgan fingerprint density at radius 2 is 1.92 bits per heavy atom. The number of nitrogens with zero attached hydrogens (tertiary/aromatic N) is 4. The maximum absolute atomic E-state index is 12.5. The number of carbonyl (C=O) groups is 1. The zero-order valence-electron chi connectivity index (χ0n) is 14.5. The van der Waals surface area contributed by atoms with Crippen molar-refractivity contribution in [3.05, 3.63) is 52.9 Å².